The first-order valence-electron chi connectivity index (χ1n) is 6.49. The molecule has 0 fully saturated rings. The Morgan fingerprint density at radius 1 is 1.35 bits per heavy atom. The number of nitrogens with one attached hydrogen (secondary N) is 1. The van der Waals surface area contributed by atoms with E-state index in [1.54, 1.807) is 0 Å². The fourth-order valence-electron chi connectivity index (χ4n) is 2.17. The number of aryl methyl sites for hydroxylation is 1. The molecule has 94 valence electrons. The third-order valence-corrected chi connectivity index (χ3v) is 3.11. The van der Waals surface area contributed by atoms with Gasteiger partial charge in [-0.2, -0.15) is 0 Å². The summed E-state index contributed by atoms with van der Waals surface area (Å²) in [6, 6.07) is 0. The van der Waals surface area contributed by atoms with Crippen LogP contribution in [0.1, 0.15) is 50.7 Å². The first-order valence-corrected chi connectivity index (χ1v) is 6.49. The largest absolute Gasteiger partial charge is 0.349 e. The van der Waals surface area contributed by atoms with Gasteiger partial charge in [-0.3, -0.25) is 4.79 Å². The van der Waals surface area contributed by atoms with Crippen molar-refractivity contribution >= 4 is 5.91 Å². The van der Waals surface area contributed by atoms with Crippen LogP contribution in [0.25, 0.3) is 0 Å². The van der Waals surface area contributed by atoms with Crippen molar-refractivity contribution in [2.24, 2.45) is 0 Å². The number of fused-ring (bicyclic) bond motifs is 1. The summed E-state index contributed by atoms with van der Waals surface area (Å²) in [4.78, 5) is 11.4. The Hall–Kier alpha value is -1.39. The second-order valence-corrected chi connectivity index (χ2v) is 4.52. The first kappa shape index (κ1) is 12.1. The van der Waals surface area contributed by atoms with Crippen LogP contribution in [-0.2, 0) is 24.3 Å². The van der Waals surface area contributed by atoms with Crippen LogP contribution in [0.2, 0.25) is 0 Å². The van der Waals surface area contributed by atoms with E-state index in [-0.39, 0.29) is 5.91 Å². The molecule has 0 saturated heterocycles. The van der Waals surface area contributed by atoms with Crippen LogP contribution in [-0.4, -0.2) is 20.7 Å². The van der Waals surface area contributed by atoms with E-state index in [1.165, 1.54) is 19.3 Å². The van der Waals surface area contributed by atoms with Gasteiger partial charge in [0.25, 0.3) is 0 Å². The van der Waals surface area contributed by atoms with Crippen molar-refractivity contribution in [1.29, 1.82) is 0 Å². The number of nitrogens with zero attached hydrogens (tertiary/aromatic N) is 3. The zero-order valence-corrected chi connectivity index (χ0v) is 10.4. The lowest BCUT2D eigenvalue weighted by molar-refractivity contribution is -0.121. The molecule has 0 aliphatic carbocycles. The fourth-order valence-corrected chi connectivity index (χ4v) is 2.17. The van der Waals surface area contributed by atoms with Crippen LogP contribution in [0.5, 0.6) is 0 Å². The number of hydrogen-bond donors (Lipinski definition) is 1. The SMILES string of the molecule is CCCC(=O)NCc1nnc2n1CCCCC2. The van der Waals surface area contributed by atoms with Gasteiger partial charge in [0.15, 0.2) is 5.82 Å². The van der Waals surface area contributed by atoms with E-state index in [9.17, 15) is 4.79 Å². The zero-order chi connectivity index (χ0) is 12.1. The lowest BCUT2D eigenvalue weighted by Gasteiger charge is -2.07. The van der Waals surface area contributed by atoms with E-state index < -0.39 is 0 Å². The highest BCUT2D eigenvalue weighted by atomic mass is 16.1. The highest BCUT2D eigenvalue weighted by Gasteiger charge is 2.14. The third-order valence-electron chi connectivity index (χ3n) is 3.11. The molecule has 0 unspecified atom stereocenters. The van der Waals surface area contributed by atoms with E-state index in [4.69, 9.17) is 0 Å². The summed E-state index contributed by atoms with van der Waals surface area (Å²) >= 11 is 0. The van der Waals surface area contributed by atoms with E-state index in [2.05, 4.69) is 20.1 Å². The maximum atomic E-state index is 11.4. The van der Waals surface area contributed by atoms with Crippen LogP contribution in [0.3, 0.4) is 0 Å². The summed E-state index contributed by atoms with van der Waals surface area (Å²) in [6.45, 7) is 3.50. The van der Waals surface area contributed by atoms with Gasteiger partial charge in [0.2, 0.25) is 5.91 Å². The molecule has 1 amide bonds. The molecule has 0 radical (unpaired) electrons. The Labute approximate surface area is 102 Å². The van der Waals surface area contributed by atoms with Crippen LogP contribution in [0, 0.1) is 0 Å². The molecule has 0 bridgehead atoms. The second-order valence-electron chi connectivity index (χ2n) is 4.52. The summed E-state index contributed by atoms with van der Waals surface area (Å²) in [5, 5.41) is 11.3. The second kappa shape index (κ2) is 5.80. The summed E-state index contributed by atoms with van der Waals surface area (Å²) in [6.07, 6.45) is 6.10. The molecule has 0 saturated carbocycles. The van der Waals surface area contributed by atoms with Crippen molar-refractivity contribution in [3.8, 4) is 0 Å². The average Bonchev–Trinajstić information content (AvgIpc) is 2.56. The van der Waals surface area contributed by atoms with Gasteiger partial charge in [-0.15, -0.1) is 10.2 Å². The number of rotatable bonds is 4. The Morgan fingerprint density at radius 3 is 3.06 bits per heavy atom. The molecule has 0 aromatic carbocycles. The van der Waals surface area contributed by atoms with E-state index in [0.717, 1.165) is 31.0 Å². The molecule has 2 rings (SSSR count). The van der Waals surface area contributed by atoms with Crippen molar-refractivity contribution in [1.82, 2.24) is 20.1 Å². The van der Waals surface area contributed by atoms with E-state index in [0.29, 0.717) is 13.0 Å². The molecular weight excluding hydrogens is 216 g/mol. The van der Waals surface area contributed by atoms with Gasteiger partial charge in [-0.1, -0.05) is 13.3 Å². The van der Waals surface area contributed by atoms with Gasteiger partial charge in [0.1, 0.15) is 5.82 Å². The van der Waals surface area contributed by atoms with Crippen LogP contribution >= 0.6 is 0 Å². The predicted molar refractivity (Wildman–Crippen MR) is 64.3 cm³/mol. The molecule has 0 spiro atoms. The Bertz CT molecular complexity index is 386. The molecule has 1 aromatic heterocycles. The van der Waals surface area contributed by atoms with Gasteiger partial charge < -0.3 is 9.88 Å². The van der Waals surface area contributed by atoms with Gasteiger partial charge in [-0.05, 0) is 19.3 Å². The number of carbonyl (C=O) groups excluding carboxylic acids is 1. The molecule has 1 aromatic rings. The van der Waals surface area contributed by atoms with Crippen molar-refractivity contribution in [2.45, 2.75) is 58.5 Å². The Morgan fingerprint density at radius 2 is 2.24 bits per heavy atom. The maximum Gasteiger partial charge on any atom is 0.220 e. The van der Waals surface area contributed by atoms with Crippen molar-refractivity contribution in [3.63, 3.8) is 0 Å². The smallest absolute Gasteiger partial charge is 0.220 e. The minimum absolute atomic E-state index is 0.0958. The van der Waals surface area contributed by atoms with E-state index >= 15 is 0 Å². The molecule has 1 aliphatic heterocycles. The minimum Gasteiger partial charge on any atom is -0.349 e. The molecule has 17 heavy (non-hydrogen) atoms. The summed E-state index contributed by atoms with van der Waals surface area (Å²) in [7, 11) is 0. The average molecular weight is 236 g/mol. The minimum atomic E-state index is 0.0958. The molecule has 2 heterocycles. The highest BCUT2D eigenvalue weighted by Crippen LogP contribution is 2.14. The fraction of sp³-hybridized carbons (Fsp3) is 0.750. The summed E-state index contributed by atoms with van der Waals surface area (Å²) in [5.74, 6) is 2.06. The molecule has 5 nitrogen and oxygen atoms in total. The first-order chi connectivity index (χ1) is 8.31. The van der Waals surface area contributed by atoms with Gasteiger partial charge >= 0.3 is 0 Å². The van der Waals surface area contributed by atoms with Crippen LogP contribution in [0.15, 0.2) is 0 Å². The highest BCUT2D eigenvalue weighted by molar-refractivity contribution is 5.75. The van der Waals surface area contributed by atoms with Gasteiger partial charge in [-0.25, -0.2) is 0 Å². The molecular formula is C12H20N4O. The number of aromatic nitrogens is 3. The summed E-state index contributed by atoms with van der Waals surface area (Å²) in [5.41, 5.74) is 0. The topological polar surface area (TPSA) is 59.8 Å². The standard InChI is InChI=1S/C12H20N4O/c1-2-6-12(17)13-9-11-15-14-10-7-4-3-5-8-16(10)11/h2-9H2,1H3,(H,13,17). The Kier molecular flexibility index (Phi) is 4.12. The van der Waals surface area contributed by atoms with Crippen molar-refractivity contribution in [3.05, 3.63) is 11.6 Å². The molecule has 1 N–H and O–H groups in total. The number of carbonyl (C=O) groups is 1. The van der Waals surface area contributed by atoms with Gasteiger partial charge in [0, 0.05) is 19.4 Å². The van der Waals surface area contributed by atoms with Crippen LogP contribution in [0.4, 0.5) is 0 Å². The van der Waals surface area contributed by atoms with Gasteiger partial charge in [0.05, 0.1) is 6.54 Å². The number of amides is 1. The Balaban J connectivity index is 1.97. The summed E-state index contributed by atoms with van der Waals surface area (Å²) < 4.78 is 2.17. The van der Waals surface area contributed by atoms with Crippen molar-refractivity contribution < 1.29 is 4.79 Å². The molecule has 0 atom stereocenters. The predicted octanol–water partition coefficient (Wildman–Crippen LogP) is 1.42. The number of hydrogen-bond acceptors (Lipinski definition) is 3. The van der Waals surface area contributed by atoms with Crippen LogP contribution < -0.4 is 5.32 Å². The lowest BCUT2D eigenvalue weighted by Crippen LogP contribution is -2.24. The van der Waals surface area contributed by atoms with Crippen molar-refractivity contribution in [2.75, 3.05) is 0 Å². The lowest BCUT2D eigenvalue weighted by atomic mass is 10.2. The quantitative estimate of drug-likeness (QED) is 0.860. The zero-order valence-electron chi connectivity index (χ0n) is 10.4. The molecule has 1 aliphatic rings. The third kappa shape index (κ3) is 3.05. The van der Waals surface area contributed by atoms with E-state index in [1.807, 2.05) is 6.92 Å². The molecule has 5 heteroatoms. The monoisotopic (exact) mass is 236 g/mol. The normalized spacial score (nSPS) is 15.1. The maximum absolute atomic E-state index is 11.4.